The van der Waals surface area contributed by atoms with Crippen molar-refractivity contribution in [2.75, 3.05) is 29.9 Å². The van der Waals surface area contributed by atoms with Gasteiger partial charge < -0.3 is 15.5 Å². The molecule has 7 heteroatoms. The van der Waals surface area contributed by atoms with Crippen LogP contribution in [-0.2, 0) is 17.8 Å². The summed E-state index contributed by atoms with van der Waals surface area (Å²) >= 11 is 0. The fraction of sp³-hybridized carbons (Fsp3) is 0.538. The molecule has 1 aromatic heterocycles. The highest BCUT2D eigenvalue weighted by molar-refractivity contribution is 5.82. The maximum Gasteiger partial charge on any atom is 0.234 e. The number of hydrogen-bond donors (Lipinski definition) is 2. The second-order valence-corrected chi connectivity index (χ2v) is 10.7. The number of carbonyl (C=O) groups excluding carboxylic acids is 1. The molecule has 0 radical (unpaired) electrons. The molecule has 7 nitrogen and oxygen atoms in total. The van der Waals surface area contributed by atoms with E-state index in [-0.39, 0.29) is 17.1 Å². The number of nitrogens with zero attached hydrogens (tertiary/aromatic N) is 4. The van der Waals surface area contributed by atoms with Gasteiger partial charge in [-0.15, -0.1) is 0 Å². The summed E-state index contributed by atoms with van der Waals surface area (Å²) in [7, 11) is 0. The largest absolute Gasteiger partial charge is 0.372 e. The highest BCUT2D eigenvalue weighted by atomic mass is 16.2. The Hall–Kier alpha value is -3.14. The van der Waals surface area contributed by atoms with E-state index in [0.717, 1.165) is 24.2 Å². The molecule has 0 atom stereocenters. The zero-order valence-corrected chi connectivity index (χ0v) is 20.5. The Morgan fingerprint density at radius 3 is 2.58 bits per heavy atom. The summed E-state index contributed by atoms with van der Waals surface area (Å²) in [6.45, 7) is 13.5. The predicted octanol–water partition coefficient (Wildman–Crippen LogP) is 4.29. The quantitative estimate of drug-likeness (QED) is 0.626. The first-order valence-electron chi connectivity index (χ1n) is 11.7. The minimum atomic E-state index is -0.573. The van der Waals surface area contributed by atoms with Gasteiger partial charge in [-0.1, -0.05) is 46.8 Å². The first-order chi connectivity index (χ1) is 15.6. The van der Waals surface area contributed by atoms with Crippen molar-refractivity contribution in [1.82, 2.24) is 15.3 Å². The van der Waals surface area contributed by atoms with Crippen LogP contribution in [0.2, 0.25) is 0 Å². The second kappa shape index (κ2) is 10.2. The van der Waals surface area contributed by atoms with Gasteiger partial charge >= 0.3 is 0 Å². The fourth-order valence-corrected chi connectivity index (χ4v) is 3.94. The Kier molecular flexibility index (Phi) is 7.57. The minimum Gasteiger partial charge on any atom is -0.372 e. The van der Waals surface area contributed by atoms with E-state index in [2.05, 4.69) is 70.5 Å². The summed E-state index contributed by atoms with van der Waals surface area (Å²) in [5.41, 5.74) is 2.64. The summed E-state index contributed by atoms with van der Waals surface area (Å²) in [5, 5.41) is 15.5. The number of carbonyl (C=O) groups is 1. The average molecular weight is 449 g/mol. The van der Waals surface area contributed by atoms with Gasteiger partial charge in [-0.25, -0.2) is 9.97 Å². The summed E-state index contributed by atoms with van der Waals surface area (Å²) in [6, 6.07) is 10.5. The average Bonchev–Trinajstić information content (AvgIpc) is 3.30. The van der Waals surface area contributed by atoms with Crippen LogP contribution >= 0.6 is 0 Å². The molecule has 1 amide bonds. The molecular formula is C26H36N6O. The maximum absolute atomic E-state index is 13.1. The zero-order valence-electron chi connectivity index (χ0n) is 20.5. The monoisotopic (exact) mass is 448 g/mol. The zero-order chi connectivity index (χ0) is 24.1. The lowest BCUT2D eigenvalue weighted by Gasteiger charge is -2.25. The van der Waals surface area contributed by atoms with Crippen LogP contribution in [0.5, 0.6) is 0 Å². The number of aromatic nitrogens is 2. The van der Waals surface area contributed by atoms with Crippen molar-refractivity contribution in [2.45, 2.75) is 60.4 Å². The van der Waals surface area contributed by atoms with Crippen LogP contribution in [0.3, 0.4) is 0 Å². The van der Waals surface area contributed by atoms with Crippen LogP contribution < -0.4 is 15.5 Å². The van der Waals surface area contributed by atoms with E-state index in [4.69, 9.17) is 5.26 Å². The second-order valence-electron chi connectivity index (χ2n) is 10.7. The van der Waals surface area contributed by atoms with Gasteiger partial charge in [0.25, 0.3) is 0 Å². The van der Waals surface area contributed by atoms with Crippen LogP contribution in [0.4, 0.5) is 11.5 Å². The smallest absolute Gasteiger partial charge is 0.234 e. The van der Waals surface area contributed by atoms with Crippen LogP contribution in [0, 0.1) is 22.2 Å². The van der Waals surface area contributed by atoms with E-state index >= 15 is 0 Å². The van der Waals surface area contributed by atoms with Gasteiger partial charge in [-0.05, 0) is 42.4 Å². The molecule has 1 aliphatic heterocycles. The number of benzene rings is 1. The molecule has 0 bridgehead atoms. The summed E-state index contributed by atoms with van der Waals surface area (Å²) in [4.78, 5) is 23.9. The topological polar surface area (TPSA) is 93.9 Å². The highest BCUT2D eigenvalue weighted by Crippen LogP contribution is 2.27. The van der Waals surface area contributed by atoms with E-state index < -0.39 is 5.41 Å². The SMILES string of the molecule is CC(C)(C)CNc1nc(C#N)ncc1CNC(=O)C(C)(C)Cc1cccc(N2CCCC2)c1. The normalized spacial score (nSPS) is 14.1. The van der Waals surface area contributed by atoms with Crippen LogP contribution in [-0.4, -0.2) is 35.5 Å². The Morgan fingerprint density at radius 1 is 1.18 bits per heavy atom. The number of anilines is 2. The van der Waals surface area contributed by atoms with Gasteiger partial charge in [-0.3, -0.25) is 4.79 Å². The number of hydrogen-bond acceptors (Lipinski definition) is 6. The number of nitriles is 1. The molecule has 0 aliphatic carbocycles. The van der Waals surface area contributed by atoms with Crippen molar-refractivity contribution in [3.05, 3.63) is 47.4 Å². The molecule has 1 fully saturated rings. The van der Waals surface area contributed by atoms with E-state index in [1.807, 2.05) is 19.9 Å². The van der Waals surface area contributed by atoms with E-state index in [1.54, 1.807) is 6.20 Å². The third kappa shape index (κ3) is 6.92. The summed E-state index contributed by atoms with van der Waals surface area (Å²) in [6.07, 6.45) is 4.75. The van der Waals surface area contributed by atoms with E-state index in [1.165, 1.54) is 18.5 Å². The summed E-state index contributed by atoms with van der Waals surface area (Å²) < 4.78 is 0. The molecule has 1 aliphatic rings. The van der Waals surface area contributed by atoms with Crippen molar-refractivity contribution >= 4 is 17.4 Å². The Bertz CT molecular complexity index is 1010. The van der Waals surface area contributed by atoms with Crippen molar-refractivity contribution in [3.8, 4) is 6.07 Å². The Morgan fingerprint density at radius 2 is 1.91 bits per heavy atom. The van der Waals surface area contributed by atoms with Crippen LogP contribution in [0.1, 0.15) is 64.4 Å². The molecule has 0 spiro atoms. The van der Waals surface area contributed by atoms with E-state index in [0.29, 0.717) is 25.3 Å². The molecule has 0 unspecified atom stereocenters. The minimum absolute atomic E-state index is 0.0276. The molecule has 2 aromatic rings. The third-order valence-electron chi connectivity index (χ3n) is 5.83. The molecule has 176 valence electrons. The molecule has 0 saturated carbocycles. The van der Waals surface area contributed by atoms with Gasteiger partial charge in [-0.2, -0.15) is 5.26 Å². The fourth-order valence-electron chi connectivity index (χ4n) is 3.94. The Labute approximate surface area is 197 Å². The van der Waals surface area contributed by atoms with Crippen LogP contribution in [0.25, 0.3) is 0 Å². The van der Waals surface area contributed by atoms with Gasteiger partial charge in [0.2, 0.25) is 11.7 Å². The van der Waals surface area contributed by atoms with Crippen molar-refractivity contribution in [3.63, 3.8) is 0 Å². The molecular weight excluding hydrogens is 412 g/mol. The van der Waals surface area contributed by atoms with Crippen LogP contribution in [0.15, 0.2) is 30.5 Å². The van der Waals surface area contributed by atoms with Crippen molar-refractivity contribution in [1.29, 1.82) is 5.26 Å². The predicted molar refractivity (Wildman–Crippen MR) is 132 cm³/mol. The lowest BCUT2D eigenvalue weighted by Crippen LogP contribution is -2.38. The molecule has 1 aromatic carbocycles. The molecule has 1 saturated heterocycles. The first-order valence-corrected chi connectivity index (χ1v) is 11.7. The molecule has 2 heterocycles. The van der Waals surface area contributed by atoms with Gasteiger partial charge in [0.15, 0.2) is 0 Å². The maximum atomic E-state index is 13.1. The van der Waals surface area contributed by atoms with Gasteiger partial charge in [0, 0.05) is 49.0 Å². The lowest BCUT2D eigenvalue weighted by molar-refractivity contribution is -0.129. The van der Waals surface area contributed by atoms with Gasteiger partial charge in [0.1, 0.15) is 11.9 Å². The Balaban J connectivity index is 1.66. The van der Waals surface area contributed by atoms with E-state index in [9.17, 15) is 4.79 Å². The number of nitrogens with one attached hydrogen (secondary N) is 2. The molecule has 2 N–H and O–H groups in total. The van der Waals surface area contributed by atoms with Gasteiger partial charge in [0.05, 0.1) is 0 Å². The number of amides is 1. The lowest BCUT2D eigenvalue weighted by atomic mass is 9.84. The summed E-state index contributed by atoms with van der Waals surface area (Å²) in [5.74, 6) is 0.674. The highest BCUT2D eigenvalue weighted by Gasteiger charge is 2.28. The van der Waals surface area contributed by atoms with Crippen molar-refractivity contribution in [2.24, 2.45) is 10.8 Å². The first kappa shape index (κ1) is 24.5. The molecule has 33 heavy (non-hydrogen) atoms. The standard InChI is InChI=1S/C26H36N6O/c1-25(2,3)18-30-23-20(16-28-22(15-27)31-23)17-29-24(33)26(4,5)14-19-9-8-10-21(13-19)32-11-6-7-12-32/h8-10,13,16H,6-7,11-12,14,17-18H2,1-5H3,(H,29,33)(H,28,30,31). The van der Waals surface area contributed by atoms with Crippen molar-refractivity contribution < 1.29 is 4.79 Å². The third-order valence-corrected chi connectivity index (χ3v) is 5.83. The molecule has 3 rings (SSSR count). The number of rotatable bonds is 8.